The van der Waals surface area contributed by atoms with Crippen LogP contribution in [0.2, 0.25) is 0 Å². The minimum absolute atomic E-state index is 0.00318. The van der Waals surface area contributed by atoms with Gasteiger partial charge >= 0.3 is 12.1 Å². The van der Waals surface area contributed by atoms with E-state index in [0.717, 1.165) is 31.4 Å². The lowest BCUT2D eigenvalue weighted by molar-refractivity contribution is -0.138. The molecule has 2 nitrogen and oxygen atoms in total. The highest BCUT2D eigenvalue weighted by atomic mass is 19.4. The zero-order valence-corrected chi connectivity index (χ0v) is 21.0. The molecule has 0 aliphatic rings. The SMILES string of the molecule is CCCCCCCCCCCCCCCCCCCCOC(=O)c1c(F)cccc1C(F)(F)F. The fourth-order valence-corrected chi connectivity index (χ4v) is 4.21. The number of unbranched alkanes of at least 4 members (excludes halogenated alkanes) is 17. The van der Waals surface area contributed by atoms with E-state index < -0.39 is 29.1 Å². The van der Waals surface area contributed by atoms with Gasteiger partial charge in [0.05, 0.1) is 12.2 Å². The average molecular weight is 489 g/mol. The van der Waals surface area contributed by atoms with Crippen LogP contribution >= 0.6 is 0 Å². The standard InChI is InChI=1S/C28H44F4O2/c1-2-3-4-5-6-7-8-9-10-11-12-13-14-15-16-17-18-19-23-34-27(33)26-24(28(30,31)32)21-20-22-25(26)29/h20-22H,2-19,23H2,1H3. The number of hydrogen-bond donors (Lipinski definition) is 0. The molecule has 0 heterocycles. The molecule has 0 aliphatic carbocycles. The van der Waals surface area contributed by atoms with Gasteiger partial charge in [-0.2, -0.15) is 13.2 Å². The van der Waals surface area contributed by atoms with Crippen LogP contribution in [0.1, 0.15) is 138 Å². The van der Waals surface area contributed by atoms with E-state index in [9.17, 15) is 22.4 Å². The van der Waals surface area contributed by atoms with E-state index in [1.807, 2.05) is 0 Å². The molecule has 0 radical (unpaired) electrons. The van der Waals surface area contributed by atoms with Crippen LogP contribution in [0, 0.1) is 5.82 Å². The van der Waals surface area contributed by atoms with Crippen molar-refractivity contribution in [3.05, 3.63) is 35.1 Å². The van der Waals surface area contributed by atoms with E-state index in [1.165, 1.54) is 89.9 Å². The maximum absolute atomic E-state index is 13.8. The maximum Gasteiger partial charge on any atom is 0.417 e. The molecule has 196 valence electrons. The third kappa shape index (κ3) is 14.0. The third-order valence-corrected chi connectivity index (χ3v) is 6.25. The van der Waals surface area contributed by atoms with Crippen LogP contribution in [-0.4, -0.2) is 12.6 Å². The first-order chi connectivity index (χ1) is 16.4. The van der Waals surface area contributed by atoms with Crippen molar-refractivity contribution in [1.82, 2.24) is 0 Å². The predicted octanol–water partition coefficient (Wildman–Crippen LogP) is 10.0. The van der Waals surface area contributed by atoms with Gasteiger partial charge in [0.1, 0.15) is 11.4 Å². The Hall–Kier alpha value is -1.59. The summed E-state index contributed by atoms with van der Waals surface area (Å²) in [5.41, 5.74) is -2.33. The van der Waals surface area contributed by atoms with Gasteiger partial charge in [-0.1, -0.05) is 122 Å². The number of hydrogen-bond acceptors (Lipinski definition) is 2. The summed E-state index contributed by atoms with van der Waals surface area (Å²) in [5, 5.41) is 0. The van der Waals surface area contributed by atoms with Crippen LogP contribution in [0.3, 0.4) is 0 Å². The molecule has 0 spiro atoms. The fraction of sp³-hybridized carbons (Fsp3) is 0.750. The molecule has 34 heavy (non-hydrogen) atoms. The quantitative estimate of drug-likeness (QED) is 0.104. The molecule has 0 atom stereocenters. The van der Waals surface area contributed by atoms with Crippen molar-refractivity contribution in [3.8, 4) is 0 Å². The highest BCUT2D eigenvalue weighted by Gasteiger charge is 2.37. The molecule has 0 aromatic heterocycles. The molecule has 0 bridgehead atoms. The second kappa shape index (κ2) is 18.7. The molecular formula is C28H44F4O2. The van der Waals surface area contributed by atoms with E-state index in [0.29, 0.717) is 12.5 Å². The summed E-state index contributed by atoms with van der Waals surface area (Å²) in [6.45, 7) is 2.26. The van der Waals surface area contributed by atoms with Gasteiger partial charge in [-0.05, 0) is 18.6 Å². The summed E-state index contributed by atoms with van der Waals surface area (Å²) in [5.74, 6) is -2.46. The van der Waals surface area contributed by atoms with Crippen molar-refractivity contribution in [2.75, 3.05) is 6.61 Å². The highest BCUT2D eigenvalue weighted by molar-refractivity contribution is 5.91. The van der Waals surface area contributed by atoms with Crippen molar-refractivity contribution < 1.29 is 27.1 Å². The first-order valence-electron chi connectivity index (χ1n) is 13.4. The Morgan fingerprint density at radius 2 is 1.12 bits per heavy atom. The van der Waals surface area contributed by atoms with Gasteiger partial charge in [-0.15, -0.1) is 0 Å². The summed E-state index contributed by atoms with van der Waals surface area (Å²) in [7, 11) is 0. The first-order valence-corrected chi connectivity index (χ1v) is 13.4. The van der Waals surface area contributed by atoms with Gasteiger partial charge in [-0.3, -0.25) is 0 Å². The lowest BCUT2D eigenvalue weighted by Crippen LogP contribution is -2.17. The zero-order valence-electron chi connectivity index (χ0n) is 21.0. The predicted molar refractivity (Wildman–Crippen MR) is 130 cm³/mol. The number of carbonyl (C=O) groups is 1. The summed E-state index contributed by atoms with van der Waals surface area (Å²) >= 11 is 0. The van der Waals surface area contributed by atoms with Crippen LogP contribution in [0.4, 0.5) is 17.6 Å². The lowest BCUT2D eigenvalue weighted by Gasteiger charge is -2.13. The van der Waals surface area contributed by atoms with Crippen LogP contribution < -0.4 is 0 Å². The monoisotopic (exact) mass is 488 g/mol. The summed E-state index contributed by atoms with van der Waals surface area (Å²) in [6.07, 6.45) is 17.4. The summed E-state index contributed by atoms with van der Waals surface area (Å²) in [6, 6.07) is 2.46. The Morgan fingerprint density at radius 1 is 0.706 bits per heavy atom. The highest BCUT2D eigenvalue weighted by Crippen LogP contribution is 2.33. The third-order valence-electron chi connectivity index (χ3n) is 6.25. The lowest BCUT2D eigenvalue weighted by atomic mass is 10.0. The molecule has 1 aromatic carbocycles. The van der Waals surface area contributed by atoms with Crippen LogP contribution in [-0.2, 0) is 10.9 Å². The summed E-state index contributed by atoms with van der Waals surface area (Å²) < 4.78 is 57.6. The molecule has 0 N–H and O–H groups in total. The Bertz CT molecular complexity index is 658. The summed E-state index contributed by atoms with van der Waals surface area (Å²) in [4.78, 5) is 12.0. The number of halogens is 4. The van der Waals surface area contributed by atoms with Crippen molar-refractivity contribution in [2.24, 2.45) is 0 Å². The number of carbonyl (C=O) groups excluding carboxylic acids is 1. The average Bonchev–Trinajstić information content (AvgIpc) is 2.79. The molecule has 1 aromatic rings. The van der Waals surface area contributed by atoms with Crippen LogP contribution in [0.15, 0.2) is 18.2 Å². The van der Waals surface area contributed by atoms with Crippen molar-refractivity contribution >= 4 is 5.97 Å². The first kappa shape index (κ1) is 30.4. The minimum atomic E-state index is -4.80. The zero-order chi connectivity index (χ0) is 25.1. The molecule has 0 unspecified atom stereocenters. The normalized spacial score (nSPS) is 11.7. The van der Waals surface area contributed by atoms with Gasteiger partial charge < -0.3 is 4.74 Å². The number of rotatable bonds is 20. The van der Waals surface area contributed by atoms with E-state index >= 15 is 0 Å². The van der Waals surface area contributed by atoms with Gasteiger partial charge in [0.2, 0.25) is 0 Å². The molecule has 0 saturated carbocycles. The second-order valence-electron chi connectivity index (χ2n) is 9.31. The van der Waals surface area contributed by atoms with E-state index in [2.05, 4.69) is 6.92 Å². The largest absolute Gasteiger partial charge is 0.462 e. The molecule has 0 saturated heterocycles. The topological polar surface area (TPSA) is 26.3 Å². The Labute approximate surface area is 203 Å². The number of benzene rings is 1. The van der Waals surface area contributed by atoms with E-state index in [-0.39, 0.29) is 6.61 Å². The van der Waals surface area contributed by atoms with Crippen LogP contribution in [0.5, 0.6) is 0 Å². The van der Waals surface area contributed by atoms with E-state index in [1.54, 1.807) is 0 Å². The van der Waals surface area contributed by atoms with Crippen molar-refractivity contribution in [2.45, 2.75) is 129 Å². The minimum Gasteiger partial charge on any atom is -0.462 e. The molecule has 0 fully saturated rings. The number of esters is 1. The molecule has 0 aliphatic heterocycles. The fourth-order valence-electron chi connectivity index (χ4n) is 4.21. The Kier molecular flexibility index (Phi) is 16.7. The molecule has 1 rings (SSSR count). The Morgan fingerprint density at radius 3 is 1.53 bits per heavy atom. The maximum atomic E-state index is 13.8. The number of ether oxygens (including phenoxy) is 1. The van der Waals surface area contributed by atoms with Crippen molar-refractivity contribution in [3.63, 3.8) is 0 Å². The Balaban J connectivity index is 1.95. The van der Waals surface area contributed by atoms with Crippen molar-refractivity contribution in [1.29, 1.82) is 0 Å². The number of alkyl halides is 3. The van der Waals surface area contributed by atoms with E-state index in [4.69, 9.17) is 4.74 Å². The van der Waals surface area contributed by atoms with Gasteiger partial charge in [0, 0.05) is 0 Å². The van der Waals surface area contributed by atoms with Crippen LogP contribution in [0.25, 0.3) is 0 Å². The smallest absolute Gasteiger partial charge is 0.417 e. The van der Waals surface area contributed by atoms with Gasteiger partial charge in [0.25, 0.3) is 0 Å². The van der Waals surface area contributed by atoms with Gasteiger partial charge in [0.15, 0.2) is 0 Å². The van der Waals surface area contributed by atoms with Gasteiger partial charge in [-0.25, -0.2) is 9.18 Å². The molecular weight excluding hydrogens is 444 g/mol. The second-order valence-corrected chi connectivity index (χ2v) is 9.31. The molecule has 0 amide bonds. The molecule has 6 heteroatoms.